The highest BCUT2D eigenvalue weighted by atomic mass is 16.6. The third-order valence-corrected chi connectivity index (χ3v) is 1.82. The van der Waals surface area contributed by atoms with E-state index in [1.54, 1.807) is 0 Å². The normalized spacial score (nSPS) is 9.75. The zero-order chi connectivity index (χ0) is 11.4. The summed E-state index contributed by atoms with van der Waals surface area (Å²) in [7, 11) is 0. The van der Waals surface area contributed by atoms with Gasteiger partial charge in [0.1, 0.15) is 0 Å². The van der Waals surface area contributed by atoms with Crippen molar-refractivity contribution < 1.29 is 18.7 Å². The van der Waals surface area contributed by atoms with Crippen LogP contribution in [0.25, 0.3) is 0 Å². The maximum Gasteiger partial charge on any atom is 0.382 e. The first-order valence-electron chi connectivity index (χ1n) is 4.47. The van der Waals surface area contributed by atoms with Crippen molar-refractivity contribution in [3.05, 3.63) is 54.2 Å². The van der Waals surface area contributed by atoms with Gasteiger partial charge in [-0.1, -0.05) is 0 Å². The molecule has 2 heterocycles. The van der Waals surface area contributed by atoms with Gasteiger partial charge in [-0.05, 0) is 24.3 Å². The lowest BCUT2D eigenvalue weighted by atomic mass is 10.3. The molecule has 0 saturated carbocycles. The average molecular weight is 217 g/mol. The molecule has 2 aromatic rings. The molecule has 0 fully saturated rings. The topological polar surface area (TPSA) is 69.4 Å². The summed E-state index contributed by atoms with van der Waals surface area (Å²) in [5, 5.41) is 0. The largest absolute Gasteiger partial charge is 0.457 e. The molecule has 0 N–H and O–H groups in total. The van der Waals surface area contributed by atoms with Crippen molar-refractivity contribution in [2.24, 2.45) is 0 Å². The van der Waals surface area contributed by atoms with E-state index in [-0.39, 0.29) is 11.3 Å². The number of esters is 2. The van der Waals surface area contributed by atoms with Crippen LogP contribution in [-0.4, -0.2) is 16.9 Å². The molecule has 0 radical (unpaired) electrons. The molecule has 0 bridgehead atoms. The van der Waals surface area contributed by atoms with Crippen LogP contribution in [0.3, 0.4) is 0 Å². The first-order valence-corrected chi connectivity index (χ1v) is 4.47. The Kier molecular flexibility index (Phi) is 2.77. The minimum absolute atomic E-state index is 0.0117. The van der Waals surface area contributed by atoms with Crippen LogP contribution in [0, 0.1) is 0 Å². The fourth-order valence-electron chi connectivity index (χ4n) is 1.08. The van der Waals surface area contributed by atoms with Gasteiger partial charge < -0.3 is 9.15 Å². The smallest absolute Gasteiger partial charge is 0.382 e. The van der Waals surface area contributed by atoms with Gasteiger partial charge in [0.05, 0.1) is 11.8 Å². The first-order chi connectivity index (χ1) is 7.77. The molecule has 0 aliphatic rings. The maximum absolute atomic E-state index is 11.4. The molecule has 0 unspecified atom stereocenters. The Labute approximate surface area is 90.7 Å². The average Bonchev–Trinajstić information content (AvgIpc) is 2.83. The fourth-order valence-corrected chi connectivity index (χ4v) is 1.08. The van der Waals surface area contributed by atoms with Crippen LogP contribution in [0.15, 0.2) is 47.3 Å². The second kappa shape index (κ2) is 4.39. The van der Waals surface area contributed by atoms with Gasteiger partial charge in [0.25, 0.3) is 0 Å². The summed E-state index contributed by atoms with van der Waals surface area (Å²) in [6.45, 7) is 0. The van der Waals surface area contributed by atoms with E-state index in [9.17, 15) is 9.59 Å². The number of hydrogen-bond donors (Lipinski definition) is 0. The van der Waals surface area contributed by atoms with Crippen molar-refractivity contribution in [2.45, 2.75) is 0 Å². The van der Waals surface area contributed by atoms with E-state index in [0.717, 1.165) is 0 Å². The first kappa shape index (κ1) is 10.1. The highest BCUT2D eigenvalue weighted by molar-refractivity contribution is 6.01. The lowest BCUT2D eigenvalue weighted by Crippen LogP contribution is -2.12. The second-order valence-corrected chi connectivity index (χ2v) is 2.89. The highest BCUT2D eigenvalue weighted by Gasteiger charge is 2.16. The molecule has 5 nitrogen and oxygen atoms in total. The van der Waals surface area contributed by atoms with E-state index in [2.05, 4.69) is 9.72 Å². The molecule has 80 valence electrons. The summed E-state index contributed by atoms with van der Waals surface area (Å²) in [6.07, 6.45) is 4.20. The van der Waals surface area contributed by atoms with Crippen molar-refractivity contribution >= 4 is 11.9 Å². The van der Waals surface area contributed by atoms with Crippen LogP contribution >= 0.6 is 0 Å². The molecule has 0 spiro atoms. The van der Waals surface area contributed by atoms with Crippen LogP contribution in [0.1, 0.15) is 20.9 Å². The summed E-state index contributed by atoms with van der Waals surface area (Å²) in [5.74, 6) is -1.56. The quantitative estimate of drug-likeness (QED) is 0.565. The zero-order valence-corrected chi connectivity index (χ0v) is 8.12. The Morgan fingerprint density at radius 2 is 1.88 bits per heavy atom. The SMILES string of the molecule is O=C(OC(=O)c1ccco1)c1ccncc1. The maximum atomic E-state index is 11.4. The number of aromatic nitrogens is 1. The molecule has 2 rings (SSSR count). The minimum Gasteiger partial charge on any atom is -0.457 e. The Hall–Kier alpha value is -2.43. The Bertz CT molecular complexity index is 490. The number of ether oxygens (including phenoxy) is 1. The van der Waals surface area contributed by atoms with Crippen LogP contribution < -0.4 is 0 Å². The van der Waals surface area contributed by atoms with Gasteiger partial charge in [-0.2, -0.15) is 0 Å². The van der Waals surface area contributed by atoms with Crippen molar-refractivity contribution in [2.75, 3.05) is 0 Å². The molecular weight excluding hydrogens is 210 g/mol. The van der Waals surface area contributed by atoms with Gasteiger partial charge in [-0.15, -0.1) is 0 Å². The second-order valence-electron chi connectivity index (χ2n) is 2.89. The lowest BCUT2D eigenvalue weighted by molar-refractivity contribution is 0.0375. The number of carbonyl (C=O) groups excluding carboxylic acids is 2. The van der Waals surface area contributed by atoms with Crippen molar-refractivity contribution in [3.8, 4) is 0 Å². The summed E-state index contributed by atoms with van der Waals surface area (Å²) in [6, 6.07) is 5.87. The standard InChI is InChI=1S/C11H7NO4/c13-10(8-3-5-12-6-4-8)16-11(14)9-2-1-7-15-9/h1-7H. The predicted molar refractivity (Wildman–Crippen MR) is 52.7 cm³/mol. The van der Waals surface area contributed by atoms with Gasteiger partial charge in [0.15, 0.2) is 0 Å². The molecular formula is C11H7NO4. The fraction of sp³-hybridized carbons (Fsp3) is 0. The van der Waals surface area contributed by atoms with Crippen LogP contribution in [0.4, 0.5) is 0 Å². The monoisotopic (exact) mass is 217 g/mol. The van der Waals surface area contributed by atoms with Crippen LogP contribution in [-0.2, 0) is 4.74 Å². The molecule has 0 atom stereocenters. The van der Waals surface area contributed by atoms with Crippen molar-refractivity contribution in [1.82, 2.24) is 4.98 Å². The van der Waals surface area contributed by atoms with Crippen molar-refractivity contribution in [1.29, 1.82) is 0 Å². The van der Waals surface area contributed by atoms with Gasteiger partial charge >= 0.3 is 11.9 Å². The number of nitrogens with zero attached hydrogens (tertiary/aromatic N) is 1. The summed E-state index contributed by atoms with van der Waals surface area (Å²) in [4.78, 5) is 26.5. The molecule has 0 aromatic carbocycles. The Morgan fingerprint density at radius 3 is 2.50 bits per heavy atom. The zero-order valence-electron chi connectivity index (χ0n) is 8.12. The molecule has 0 saturated heterocycles. The van der Waals surface area contributed by atoms with Gasteiger partial charge in [-0.25, -0.2) is 9.59 Å². The van der Waals surface area contributed by atoms with Gasteiger partial charge in [0, 0.05) is 12.4 Å². The molecule has 5 heteroatoms. The number of rotatable bonds is 2. The summed E-state index contributed by atoms with van der Waals surface area (Å²) < 4.78 is 9.37. The van der Waals surface area contributed by atoms with Crippen LogP contribution in [0.2, 0.25) is 0 Å². The number of furan rings is 1. The van der Waals surface area contributed by atoms with E-state index in [1.807, 2.05) is 0 Å². The molecule has 2 aromatic heterocycles. The third-order valence-electron chi connectivity index (χ3n) is 1.82. The van der Waals surface area contributed by atoms with Crippen molar-refractivity contribution in [3.63, 3.8) is 0 Å². The molecule has 0 aliphatic carbocycles. The predicted octanol–water partition coefficient (Wildman–Crippen LogP) is 1.67. The molecule has 16 heavy (non-hydrogen) atoms. The summed E-state index contributed by atoms with van der Waals surface area (Å²) >= 11 is 0. The van der Waals surface area contributed by atoms with E-state index in [4.69, 9.17) is 4.42 Å². The van der Waals surface area contributed by atoms with E-state index in [0.29, 0.717) is 0 Å². The Balaban J connectivity index is 2.06. The number of pyridine rings is 1. The van der Waals surface area contributed by atoms with E-state index < -0.39 is 11.9 Å². The third kappa shape index (κ3) is 2.14. The molecule has 0 aliphatic heterocycles. The van der Waals surface area contributed by atoms with Gasteiger partial charge in [-0.3, -0.25) is 4.98 Å². The number of carbonyl (C=O) groups is 2. The number of hydrogen-bond acceptors (Lipinski definition) is 5. The Morgan fingerprint density at radius 1 is 1.12 bits per heavy atom. The van der Waals surface area contributed by atoms with E-state index >= 15 is 0 Å². The lowest BCUT2D eigenvalue weighted by Gasteiger charge is -1.99. The van der Waals surface area contributed by atoms with Gasteiger partial charge in [0.2, 0.25) is 5.76 Å². The van der Waals surface area contributed by atoms with Crippen LogP contribution in [0.5, 0.6) is 0 Å². The summed E-state index contributed by atoms with van der Waals surface area (Å²) in [5.41, 5.74) is 0.259. The molecule has 0 amide bonds. The highest BCUT2D eigenvalue weighted by Crippen LogP contribution is 2.05. The minimum atomic E-state index is -0.813. The van der Waals surface area contributed by atoms with E-state index in [1.165, 1.54) is 42.9 Å².